The Morgan fingerprint density at radius 1 is 1.16 bits per heavy atom. The molecule has 2 saturated heterocycles. The molecule has 0 aliphatic carbocycles. The van der Waals surface area contributed by atoms with Crippen LogP contribution in [0.5, 0.6) is 0 Å². The van der Waals surface area contributed by atoms with Gasteiger partial charge in [-0.15, -0.1) is 0 Å². The van der Waals surface area contributed by atoms with Gasteiger partial charge in [-0.2, -0.15) is 0 Å². The summed E-state index contributed by atoms with van der Waals surface area (Å²) in [6, 6.07) is 7.10. The molecule has 0 N–H and O–H groups in total. The fourth-order valence-corrected chi connectivity index (χ4v) is 3.64. The Morgan fingerprint density at radius 2 is 1.84 bits per heavy atom. The maximum Gasteiger partial charge on any atom is 0.409 e. The van der Waals surface area contributed by atoms with Crippen molar-refractivity contribution in [1.29, 1.82) is 0 Å². The van der Waals surface area contributed by atoms with Crippen molar-refractivity contribution in [1.82, 2.24) is 15.1 Å². The van der Waals surface area contributed by atoms with E-state index >= 15 is 0 Å². The van der Waals surface area contributed by atoms with Gasteiger partial charge >= 0.3 is 6.09 Å². The molecule has 135 valence electrons. The highest BCUT2D eigenvalue weighted by atomic mass is 35.5. The standard InChI is InChI=1S/C18H23ClN3O3/c1-25-18(24)22-10-8-21(9-11-22)16-12-14(6-7-20-16)17(23)13-2-4-15(19)5-3-13/h2-5,14,16H,6-12H2,1H3. The van der Waals surface area contributed by atoms with Crippen LogP contribution in [0, 0.1) is 5.92 Å². The predicted octanol–water partition coefficient (Wildman–Crippen LogP) is 2.25. The Labute approximate surface area is 153 Å². The van der Waals surface area contributed by atoms with Crippen LogP contribution in [0.4, 0.5) is 4.79 Å². The molecular weight excluding hydrogens is 342 g/mol. The normalized spacial score (nSPS) is 24.8. The van der Waals surface area contributed by atoms with E-state index in [0.29, 0.717) is 30.2 Å². The number of ketones is 1. The quantitative estimate of drug-likeness (QED) is 0.772. The lowest BCUT2D eigenvalue weighted by atomic mass is 9.87. The van der Waals surface area contributed by atoms with Crippen LogP contribution in [-0.4, -0.2) is 67.7 Å². The van der Waals surface area contributed by atoms with Gasteiger partial charge in [-0.3, -0.25) is 9.69 Å². The molecule has 0 saturated carbocycles. The molecule has 7 heteroatoms. The van der Waals surface area contributed by atoms with Crippen molar-refractivity contribution in [2.24, 2.45) is 5.92 Å². The van der Waals surface area contributed by atoms with Gasteiger partial charge < -0.3 is 9.64 Å². The largest absolute Gasteiger partial charge is 0.453 e. The van der Waals surface area contributed by atoms with Crippen LogP contribution >= 0.6 is 11.6 Å². The summed E-state index contributed by atoms with van der Waals surface area (Å²) in [5.74, 6) is 0.159. The fraction of sp³-hybridized carbons (Fsp3) is 0.556. The molecule has 6 nitrogen and oxygen atoms in total. The molecule has 1 amide bonds. The molecule has 2 aliphatic rings. The third-order valence-electron chi connectivity index (χ3n) is 4.98. The monoisotopic (exact) mass is 364 g/mol. The first kappa shape index (κ1) is 18.2. The van der Waals surface area contributed by atoms with Gasteiger partial charge in [-0.1, -0.05) is 11.6 Å². The molecule has 1 aromatic carbocycles. The average molecular weight is 365 g/mol. The molecule has 0 bridgehead atoms. The average Bonchev–Trinajstić information content (AvgIpc) is 2.67. The van der Waals surface area contributed by atoms with E-state index < -0.39 is 0 Å². The smallest absolute Gasteiger partial charge is 0.409 e. The topological polar surface area (TPSA) is 64.0 Å². The summed E-state index contributed by atoms with van der Waals surface area (Å²) >= 11 is 5.90. The minimum absolute atomic E-state index is 0.0117. The molecule has 2 atom stereocenters. The zero-order chi connectivity index (χ0) is 17.8. The minimum Gasteiger partial charge on any atom is -0.453 e. The zero-order valence-electron chi connectivity index (χ0n) is 14.4. The summed E-state index contributed by atoms with van der Waals surface area (Å²) in [6.45, 7) is 3.48. The Bertz CT molecular complexity index is 614. The number of hydrogen-bond acceptors (Lipinski definition) is 4. The summed E-state index contributed by atoms with van der Waals surface area (Å²) in [5.41, 5.74) is 0.713. The third-order valence-corrected chi connectivity index (χ3v) is 5.23. The Balaban J connectivity index is 1.57. The molecule has 3 rings (SSSR count). The second-order valence-corrected chi connectivity index (χ2v) is 6.91. The van der Waals surface area contributed by atoms with Crippen molar-refractivity contribution in [3.05, 3.63) is 34.9 Å². The minimum atomic E-state index is -0.281. The van der Waals surface area contributed by atoms with Crippen molar-refractivity contribution >= 4 is 23.5 Å². The molecule has 2 heterocycles. The van der Waals surface area contributed by atoms with E-state index in [1.54, 1.807) is 29.2 Å². The summed E-state index contributed by atoms with van der Waals surface area (Å²) in [7, 11) is 1.40. The zero-order valence-corrected chi connectivity index (χ0v) is 15.1. The number of halogens is 1. The van der Waals surface area contributed by atoms with E-state index in [9.17, 15) is 9.59 Å². The SMILES string of the molecule is COC(=O)N1CCN(C2CC(C(=O)c3ccc(Cl)cc3)CC[N]2)CC1. The molecule has 2 unspecified atom stereocenters. The number of rotatable bonds is 3. The van der Waals surface area contributed by atoms with Gasteiger partial charge in [0.1, 0.15) is 0 Å². The first-order valence-corrected chi connectivity index (χ1v) is 8.99. The summed E-state index contributed by atoms with van der Waals surface area (Å²) in [5, 5.41) is 5.34. The number of amides is 1. The van der Waals surface area contributed by atoms with Crippen molar-refractivity contribution in [3.63, 3.8) is 0 Å². The Kier molecular flexibility index (Phi) is 5.93. The summed E-state index contributed by atoms with van der Waals surface area (Å²) in [4.78, 5) is 28.3. The van der Waals surface area contributed by atoms with E-state index in [0.717, 1.165) is 25.9 Å². The summed E-state index contributed by atoms with van der Waals surface area (Å²) < 4.78 is 4.77. The van der Waals surface area contributed by atoms with Gasteiger partial charge in [0.15, 0.2) is 5.78 Å². The van der Waals surface area contributed by atoms with Gasteiger partial charge in [0.05, 0.1) is 13.3 Å². The lowest BCUT2D eigenvalue weighted by Crippen LogP contribution is -2.56. The Morgan fingerprint density at radius 3 is 2.48 bits per heavy atom. The van der Waals surface area contributed by atoms with Crippen LogP contribution in [0.25, 0.3) is 0 Å². The highest BCUT2D eigenvalue weighted by Gasteiger charge is 2.33. The molecule has 1 aromatic rings. The number of benzene rings is 1. The second kappa shape index (κ2) is 8.17. The van der Waals surface area contributed by atoms with Gasteiger partial charge in [-0.25, -0.2) is 10.1 Å². The van der Waals surface area contributed by atoms with Crippen LogP contribution in [0.1, 0.15) is 23.2 Å². The first-order valence-electron chi connectivity index (χ1n) is 8.62. The van der Waals surface area contributed by atoms with E-state index in [4.69, 9.17) is 21.7 Å². The van der Waals surface area contributed by atoms with E-state index in [1.165, 1.54) is 7.11 Å². The number of carbonyl (C=O) groups excluding carboxylic acids is 2. The molecule has 0 spiro atoms. The summed E-state index contributed by atoms with van der Waals surface area (Å²) in [6.07, 6.45) is 1.30. The molecule has 1 radical (unpaired) electrons. The maximum absolute atomic E-state index is 12.7. The van der Waals surface area contributed by atoms with Gasteiger partial charge in [-0.05, 0) is 37.1 Å². The maximum atomic E-state index is 12.7. The highest BCUT2D eigenvalue weighted by Crippen LogP contribution is 2.25. The second-order valence-electron chi connectivity index (χ2n) is 6.47. The van der Waals surface area contributed by atoms with Crippen molar-refractivity contribution in [3.8, 4) is 0 Å². The van der Waals surface area contributed by atoms with E-state index in [2.05, 4.69) is 4.90 Å². The van der Waals surface area contributed by atoms with Crippen LogP contribution in [0.3, 0.4) is 0 Å². The molecule has 2 fully saturated rings. The number of Topliss-reactive ketones (excluding diaryl/α,β-unsaturated/α-hetero) is 1. The first-order chi connectivity index (χ1) is 12.1. The number of nitrogens with zero attached hydrogens (tertiary/aromatic N) is 3. The van der Waals surface area contributed by atoms with Gasteiger partial charge in [0.2, 0.25) is 0 Å². The van der Waals surface area contributed by atoms with Crippen molar-refractivity contribution in [2.45, 2.75) is 19.0 Å². The van der Waals surface area contributed by atoms with Crippen molar-refractivity contribution in [2.75, 3.05) is 39.8 Å². The lowest BCUT2D eigenvalue weighted by molar-refractivity contribution is 0.0453. The fourth-order valence-electron chi connectivity index (χ4n) is 3.51. The van der Waals surface area contributed by atoms with Crippen LogP contribution in [-0.2, 0) is 4.74 Å². The van der Waals surface area contributed by atoms with Gasteiger partial charge in [0, 0.05) is 49.2 Å². The number of piperazine rings is 1. The molecule has 25 heavy (non-hydrogen) atoms. The van der Waals surface area contributed by atoms with Crippen LogP contribution < -0.4 is 5.32 Å². The molecular formula is C18H23ClN3O3. The number of piperidine rings is 1. The lowest BCUT2D eigenvalue weighted by Gasteiger charge is -2.41. The van der Waals surface area contributed by atoms with E-state index in [1.807, 2.05) is 0 Å². The van der Waals surface area contributed by atoms with E-state index in [-0.39, 0.29) is 24.0 Å². The predicted molar refractivity (Wildman–Crippen MR) is 94.8 cm³/mol. The number of methoxy groups -OCH3 is 1. The van der Waals surface area contributed by atoms with Crippen LogP contribution in [0.15, 0.2) is 24.3 Å². The third kappa shape index (κ3) is 4.32. The van der Waals surface area contributed by atoms with Gasteiger partial charge in [0.25, 0.3) is 0 Å². The Hall–Kier alpha value is -1.63. The molecule has 0 aromatic heterocycles. The number of carbonyl (C=O) groups is 2. The van der Waals surface area contributed by atoms with Crippen LogP contribution in [0.2, 0.25) is 5.02 Å². The highest BCUT2D eigenvalue weighted by molar-refractivity contribution is 6.30. The molecule has 2 aliphatic heterocycles. The number of ether oxygens (including phenoxy) is 1. The number of hydrogen-bond donors (Lipinski definition) is 0. The van der Waals surface area contributed by atoms with Crippen molar-refractivity contribution < 1.29 is 14.3 Å².